The van der Waals surface area contributed by atoms with Crippen molar-refractivity contribution in [3.63, 3.8) is 0 Å². The van der Waals surface area contributed by atoms with Crippen LogP contribution in [0.2, 0.25) is 0 Å². The minimum atomic E-state index is 0.356. The first-order valence-corrected chi connectivity index (χ1v) is 4.20. The van der Waals surface area contributed by atoms with Crippen LogP contribution in [-0.2, 0) is 6.54 Å². The summed E-state index contributed by atoms with van der Waals surface area (Å²) < 4.78 is 1.86. The summed E-state index contributed by atoms with van der Waals surface area (Å²) in [6, 6.07) is 2.04. The standard InChI is InChI=1S/C6H6N4S/c7-3-4-5(8)9-6-10(4)1-2-11-6/h1-2,8H2. The average Bonchev–Trinajstić information content (AvgIpc) is 2.46. The number of nitrogens with zero attached hydrogens (tertiary/aromatic N) is 3. The second kappa shape index (κ2) is 2.17. The molecule has 2 heterocycles. The molecule has 11 heavy (non-hydrogen) atoms. The zero-order chi connectivity index (χ0) is 7.84. The maximum absolute atomic E-state index is 8.67. The van der Waals surface area contributed by atoms with E-state index in [1.54, 1.807) is 11.8 Å². The van der Waals surface area contributed by atoms with Crippen LogP contribution in [-0.4, -0.2) is 15.3 Å². The van der Waals surface area contributed by atoms with Gasteiger partial charge in [-0.25, -0.2) is 4.98 Å². The van der Waals surface area contributed by atoms with Gasteiger partial charge in [0, 0.05) is 12.3 Å². The predicted octanol–water partition coefficient (Wildman–Crippen LogP) is 0.443. The van der Waals surface area contributed by atoms with Crippen molar-refractivity contribution in [1.82, 2.24) is 9.55 Å². The van der Waals surface area contributed by atoms with Crippen molar-refractivity contribution in [2.75, 3.05) is 11.5 Å². The fourth-order valence-corrected chi connectivity index (χ4v) is 2.07. The number of hydrogen-bond donors (Lipinski definition) is 1. The monoisotopic (exact) mass is 166 g/mol. The van der Waals surface area contributed by atoms with Gasteiger partial charge in [0.2, 0.25) is 0 Å². The maximum Gasteiger partial charge on any atom is 0.171 e. The Morgan fingerprint density at radius 2 is 2.55 bits per heavy atom. The number of thioether (sulfide) groups is 1. The lowest BCUT2D eigenvalue weighted by Gasteiger charge is -1.93. The van der Waals surface area contributed by atoms with E-state index in [-0.39, 0.29) is 0 Å². The Labute approximate surface area is 68.0 Å². The third kappa shape index (κ3) is 0.795. The van der Waals surface area contributed by atoms with Crippen molar-refractivity contribution in [3.05, 3.63) is 5.69 Å². The molecular formula is C6H6N4S. The van der Waals surface area contributed by atoms with Gasteiger partial charge in [0.05, 0.1) is 0 Å². The summed E-state index contributed by atoms with van der Waals surface area (Å²) in [6.45, 7) is 0.854. The second-order valence-electron chi connectivity index (χ2n) is 2.24. The van der Waals surface area contributed by atoms with E-state index in [9.17, 15) is 0 Å². The van der Waals surface area contributed by atoms with Crippen LogP contribution in [0.5, 0.6) is 0 Å². The third-order valence-corrected chi connectivity index (χ3v) is 2.57. The van der Waals surface area contributed by atoms with Crippen LogP contribution < -0.4 is 5.73 Å². The van der Waals surface area contributed by atoms with Crippen molar-refractivity contribution in [2.24, 2.45) is 0 Å². The molecule has 4 nitrogen and oxygen atoms in total. The van der Waals surface area contributed by atoms with Gasteiger partial charge in [-0.15, -0.1) is 0 Å². The van der Waals surface area contributed by atoms with E-state index in [4.69, 9.17) is 11.0 Å². The minimum Gasteiger partial charge on any atom is -0.381 e. The molecule has 0 radical (unpaired) electrons. The number of hydrogen-bond acceptors (Lipinski definition) is 4. The van der Waals surface area contributed by atoms with Gasteiger partial charge in [-0.3, -0.25) is 0 Å². The van der Waals surface area contributed by atoms with Crippen molar-refractivity contribution in [1.29, 1.82) is 5.26 Å². The van der Waals surface area contributed by atoms with Crippen molar-refractivity contribution in [2.45, 2.75) is 11.7 Å². The zero-order valence-corrected chi connectivity index (χ0v) is 6.56. The van der Waals surface area contributed by atoms with Crippen molar-refractivity contribution < 1.29 is 0 Å². The summed E-state index contributed by atoms with van der Waals surface area (Å²) in [5.41, 5.74) is 6.00. The van der Waals surface area contributed by atoms with E-state index in [1.807, 2.05) is 10.6 Å². The summed E-state index contributed by atoms with van der Waals surface area (Å²) in [6.07, 6.45) is 0. The lowest BCUT2D eigenvalue weighted by atomic mass is 10.4. The Hall–Kier alpha value is -1.15. The number of anilines is 1. The molecule has 0 atom stereocenters. The molecule has 0 aliphatic carbocycles. The van der Waals surface area contributed by atoms with Crippen molar-refractivity contribution in [3.8, 4) is 6.07 Å². The Morgan fingerprint density at radius 3 is 3.27 bits per heavy atom. The van der Waals surface area contributed by atoms with Gasteiger partial charge < -0.3 is 10.3 Å². The molecule has 0 fully saturated rings. The second-order valence-corrected chi connectivity index (χ2v) is 3.30. The van der Waals surface area contributed by atoms with E-state index in [0.29, 0.717) is 11.5 Å². The lowest BCUT2D eigenvalue weighted by Crippen LogP contribution is -1.98. The molecule has 0 amide bonds. The molecule has 5 heteroatoms. The highest BCUT2D eigenvalue weighted by molar-refractivity contribution is 7.99. The van der Waals surface area contributed by atoms with Crippen LogP contribution in [0.15, 0.2) is 5.16 Å². The summed E-state index contributed by atoms with van der Waals surface area (Å²) >= 11 is 1.64. The van der Waals surface area contributed by atoms with Gasteiger partial charge in [0.15, 0.2) is 16.7 Å². The SMILES string of the molecule is N#Cc1c(N)nc2n1CCS2. The number of fused-ring (bicyclic) bond motifs is 1. The average molecular weight is 166 g/mol. The van der Waals surface area contributed by atoms with Gasteiger partial charge >= 0.3 is 0 Å². The predicted molar refractivity (Wildman–Crippen MR) is 42.1 cm³/mol. The van der Waals surface area contributed by atoms with Gasteiger partial charge in [-0.2, -0.15) is 5.26 Å². The first-order chi connectivity index (χ1) is 5.33. The van der Waals surface area contributed by atoms with E-state index < -0.39 is 0 Å². The van der Waals surface area contributed by atoms with Crippen LogP contribution in [0.1, 0.15) is 5.69 Å². The molecule has 1 aliphatic heterocycles. The first kappa shape index (κ1) is 6.55. The van der Waals surface area contributed by atoms with Gasteiger partial charge in [-0.1, -0.05) is 11.8 Å². The number of nitrogens with two attached hydrogens (primary N) is 1. The highest BCUT2D eigenvalue weighted by atomic mass is 32.2. The Morgan fingerprint density at radius 1 is 1.73 bits per heavy atom. The largest absolute Gasteiger partial charge is 0.381 e. The van der Waals surface area contributed by atoms with Gasteiger partial charge in [-0.05, 0) is 0 Å². The normalized spacial score (nSPS) is 14.5. The fourth-order valence-electron chi connectivity index (χ4n) is 1.11. The fraction of sp³-hybridized carbons (Fsp3) is 0.333. The molecule has 0 aromatic carbocycles. The number of imidazole rings is 1. The van der Waals surface area contributed by atoms with E-state index >= 15 is 0 Å². The molecule has 1 aromatic heterocycles. The summed E-state index contributed by atoms with van der Waals surface area (Å²) in [7, 11) is 0. The maximum atomic E-state index is 8.67. The van der Waals surface area contributed by atoms with E-state index in [1.165, 1.54) is 0 Å². The van der Waals surface area contributed by atoms with Gasteiger partial charge in [0.1, 0.15) is 6.07 Å². The Bertz CT molecular complexity index is 335. The first-order valence-electron chi connectivity index (χ1n) is 3.22. The molecular weight excluding hydrogens is 160 g/mol. The van der Waals surface area contributed by atoms with Crippen LogP contribution in [0.25, 0.3) is 0 Å². The molecule has 1 aliphatic rings. The third-order valence-electron chi connectivity index (χ3n) is 1.61. The Kier molecular flexibility index (Phi) is 1.29. The molecule has 0 bridgehead atoms. The Balaban J connectivity index is 2.63. The topological polar surface area (TPSA) is 67.6 Å². The molecule has 1 aromatic rings. The number of nitriles is 1. The molecule has 2 N–H and O–H groups in total. The molecule has 0 spiro atoms. The molecule has 2 rings (SSSR count). The highest BCUT2D eigenvalue weighted by Gasteiger charge is 2.19. The number of aromatic nitrogens is 2. The van der Waals surface area contributed by atoms with Crippen LogP contribution in [0.4, 0.5) is 5.82 Å². The minimum absolute atomic E-state index is 0.356. The molecule has 0 saturated heterocycles. The quantitative estimate of drug-likeness (QED) is 0.607. The summed E-state index contributed by atoms with van der Waals surface area (Å²) in [5, 5.41) is 9.55. The summed E-state index contributed by atoms with van der Waals surface area (Å²) in [5.74, 6) is 1.35. The zero-order valence-electron chi connectivity index (χ0n) is 5.74. The van der Waals surface area contributed by atoms with Crippen molar-refractivity contribution >= 4 is 17.6 Å². The van der Waals surface area contributed by atoms with Gasteiger partial charge in [0.25, 0.3) is 0 Å². The highest BCUT2D eigenvalue weighted by Crippen LogP contribution is 2.28. The molecule has 56 valence electrons. The van der Waals surface area contributed by atoms with E-state index in [2.05, 4.69) is 4.98 Å². The van der Waals surface area contributed by atoms with E-state index in [0.717, 1.165) is 17.5 Å². The molecule has 0 saturated carbocycles. The molecule has 0 unspecified atom stereocenters. The summed E-state index contributed by atoms with van der Waals surface area (Å²) in [4.78, 5) is 4.04. The van der Waals surface area contributed by atoms with Crippen LogP contribution in [0, 0.1) is 11.3 Å². The van der Waals surface area contributed by atoms with Crippen LogP contribution >= 0.6 is 11.8 Å². The lowest BCUT2D eigenvalue weighted by molar-refractivity contribution is 0.711. The number of nitrogen functional groups attached to an aromatic ring is 1. The number of rotatable bonds is 0. The van der Waals surface area contributed by atoms with Crippen LogP contribution in [0.3, 0.4) is 0 Å². The smallest absolute Gasteiger partial charge is 0.171 e.